The van der Waals surface area contributed by atoms with Gasteiger partial charge in [-0.25, -0.2) is 0 Å². The number of thiophene rings is 1. The highest BCUT2D eigenvalue weighted by molar-refractivity contribution is 7.17. The van der Waals surface area contributed by atoms with Crippen LogP contribution in [0, 0.1) is 5.41 Å². The number of anilines is 1. The van der Waals surface area contributed by atoms with Crippen molar-refractivity contribution in [2.45, 2.75) is 70.6 Å². The molecule has 0 aliphatic heterocycles. The van der Waals surface area contributed by atoms with Gasteiger partial charge in [-0.2, -0.15) is 0 Å². The summed E-state index contributed by atoms with van der Waals surface area (Å²) in [5.41, 5.74) is 6.54. The van der Waals surface area contributed by atoms with Crippen LogP contribution in [0.3, 0.4) is 0 Å². The van der Waals surface area contributed by atoms with E-state index in [1.165, 1.54) is 11.3 Å². The molecule has 0 spiro atoms. The number of aryl methyl sites for hydroxylation is 1. The van der Waals surface area contributed by atoms with Gasteiger partial charge >= 0.3 is 5.97 Å². The zero-order chi connectivity index (χ0) is 18.7. The molecule has 0 aromatic carbocycles. The van der Waals surface area contributed by atoms with E-state index in [1.807, 2.05) is 0 Å². The highest BCUT2D eigenvalue weighted by Gasteiger charge is 2.37. The molecule has 0 bridgehead atoms. The zero-order valence-corrected chi connectivity index (χ0v) is 15.8. The van der Waals surface area contributed by atoms with Gasteiger partial charge in [-0.1, -0.05) is 19.3 Å². The summed E-state index contributed by atoms with van der Waals surface area (Å²) < 4.78 is 0. The third-order valence-corrected chi connectivity index (χ3v) is 6.85. The Bertz CT molecular complexity index is 719. The van der Waals surface area contributed by atoms with Crippen molar-refractivity contribution < 1.29 is 19.5 Å². The molecule has 2 amide bonds. The number of aliphatic carboxylic acids is 1. The first kappa shape index (κ1) is 18.9. The highest BCUT2D eigenvalue weighted by Crippen LogP contribution is 2.43. The fourth-order valence-corrected chi connectivity index (χ4v) is 5.78. The van der Waals surface area contributed by atoms with Crippen LogP contribution < -0.4 is 11.1 Å². The van der Waals surface area contributed by atoms with E-state index in [0.717, 1.165) is 68.2 Å². The maximum Gasteiger partial charge on any atom is 0.303 e. The first-order chi connectivity index (χ1) is 12.4. The van der Waals surface area contributed by atoms with Crippen LogP contribution in [0.2, 0.25) is 0 Å². The number of rotatable bonds is 6. The van der Waals surface area contributed by atoms with Crippen molar-refractivity contribution in [2.75, 3.05) is 5.32 Å². The van der Waals surface area contributed by atoms with Crippen LogP contribution in [0.25, 0.3) is 0 Å². The quantitative estimate of drug-likeness (QED) is 0.704. The second kappa shape index (κ2) is 7.78. The number of carboxylic acid groups (broad SMARTS) is 1. The SMILES string of the molecule is NC(=O)c1c(NC(=O)CC2(CC(=O)O)CCCCC2)sc2c1CCCC2. The number of fused-ring (bicyclic) bond motifs is 1. The Morgan fingerprint density at radius 3 is 2.38 bits per heavy atom. The zero-order valence-electron chi connectivity index (χ0n) is 14.9. The standard InChI is InChI=1S/C19H26N2O4S/c20-17(25)16-12-6-2-3-7-13(12)26-18(16)21-14(22)10-19(11-15(23)24)8-4-1-5-9-19/h1-11H2,(H2,20,25)(H,21,22)(H,23,24). The van der Waals surface area contributed by atoms with Crippen molar-refractivity contribution in [3.8, 4) is 0 Å². The second-order valence-corrected chi connectivity index (χ2v) is 8.74. The number of carbonyl (C=O) groups excluding carboxylic acids is 2. The number of hydrogen-bond donors (Lipinski definition) is 3. The van der Waals surface area contributed by atoms with Gasteiger partial charge in [0.1, 0.15) is 5.00 Å². The lowest BCUT2D eigenvalue weighted by Gasteiger charge is -2.35. The Kier molecular flexibility index (Phi) is 5.65. The fourth-order valence-electron chi connectivity index (χ4n) is 4.46. The monoisotopic (exact) mass is 378 g/mol. The normalized spacial score (nSPS) is 18.8. The van der Waals surface area contributed by atoms with E-state index in [9.17, 15) is 19.5 Å². The van der Waals surface area contributed by atoms with Crippen LogP contribution in [0.5, 0.6) is 0 Å². The number of amides is 2. The largest absolute Gasteiger partial charge is 0.481 e. The van der Waals surface area contributed by atoms with Gasteiger partial charge in [0.25, 0.3) is 5.91 Å². The molecule has 1 aromatic heterocycles. The third kappa shape index (κ3) is 4.09. The minimum absolute atomic E-state index is 0.0179. The Morgan fingerprint density at radius 2 is 1.73 bits per heavy atom. The predicted octanol–water partition coefficient (Wildman–Crippen LogP) is 3.48. The molecule has 3 rings (SSSR count). The Balaban J connectivity index is 1.78. The number of nitrogens with two attached hydrogens (primary N) is 1. The Labute approximate surface area is 157 Å². The number of nitrogens with one attached hydrogen (secondary N) is 1. The third-order valence-electron chi connectivity index (χ3n) is 5.65. The first-order valence-electron chi connectivity index (χ1n) is 9.36. The molecule has 0 atom stereocenters. The van der Waals surface area contributed by atoms with Crippen molar-refractivity contribution in [3.05, 3.63) is 16.0 Å². The fraction of sp³-hybridized carbons (Fsp3) is 0.632. The molecule has 6 nitrogen and oxygen atoms in total. The van der Waals surface area contributed by atoms with Gasteiger partial charge < -0.3 is 16.2 Å². The van der Waals surface area contributed by atoms with Crippen LogP contribution in [-0.4, -0.2) is 22.9 Å². The number of carboxylic acids is 1. The van der Waals surface area contributed by atoms with Crippen LogP contribution >= 0.6 is 11.3 Å². The highest BCUT2D eigenvalue weighted by atomic mass is 32.1. The molecular weight excluding hydrogens is 352 g/mol. The van der Waals surface area contributed by atoms with Crippen molar-refractivity contribution in [2.24, 2.45) is 11.1 Å². The van der Waals surface area contributed by atoms with E-state index < -0.39 is 17.3 Å². The number of primary amides is 1. The molecule has 1 saturated carbocycles. The van der Waals surface area contributed by atoms with E-state index >= 15 is 0 Å². The van der Waals surface area contributed by atoms with Gasteiger partial charge in [0.15, 0.2) is 0 Å². The predicted molar refractivity (Wildman–Crippen MR) is 100 cm³/mol. The molecule has 4 N–H and O–H groups in total. The summed E-state index contributed by atoms with van der Waals surface area (Å²) in [5, 5.41) is 12.7. The molecule has 0 unspecified atom stereocenters. The molecule has 1 heterocycles. The van der Waals surface area contributed by atoms with Crippen LogP contribution in [0.4, 0.5) is 5.00 Å². The van der Waals surface area contributed by atoms with Crippen LogP contribution in [0.15, 0.2) is 0 Å². The maximum atomic E-state index is 12.7. The first-order valence-corrected chi connectivity index (χ1v) is 10.2. The van der Waals surface area contributed by atoms with Gasteiger partial charge in [0.2, 0.25) is 5.91 Å². The van der Waals surface area contributed by atoms with Gasteiger partial charge in [-0.3, -0.25) is 14.4 Å². The van der Waals surface area contributed by atoms with Gasteiger partial charge in [0, 0.05) is 11.3 Å². The minimum Gasteiger partial charge on any atom is -0.481 e. The molecule has 2 aliphatic carbocycles. The summed E-state index contributed by atoms with van der Waals surface area (Å²) in [7, 11) is 0. The van der Waals surface area contributed by atoms with Gasteiger partial charge in [-0.15, -0.1) is 11.3 Å². The Hall–Kier alpha value is -1.89. The number of hydrogen-bond acceptors (Lipinski definition) is 4. The molecule has 0 saturated heterocycles. The van der Waals surface area contributed by atoms with E-state index in [1.54, 1.807) is 0 Å². The summed E-state index contributed by atoms with van der Waals surface area (Å²) in [5.74, 6) is -1.57. The van der Waals surface area contributed by atoms with E-state index in [2.05, 4.69) is 5.32 Å². The van der Waals surface area contributed by atoms with E-state index in [-0.39, 0.29) is 18.7 Å². The average molecular weight is 378 g/mol. The molecule has 142 valence electrons. The lowest BCUT2D eigenvalue weighted by molar-refractivity contribution is -0.140. The summed E-state index contributed by atoms with van der Waals surface area (Å²) in [6, 6.07) is 0. The van der Waals surface area contributed by atoms with Crippen molar-refractivity contribution >= 4 is 34.1 Å². The molecule has 0 radical (unpaired) electrons. The molecule has 26 heavy (non-hydrogen) atoms. The van der Waals surface area contributed by atoms with Crippen LogP contribution in [0.1, 0.15) is 78.6 Å². The minimum atomic E-state index is -0.857. The van der Waals surface area contributed by atoms with Crippen LogP contribution in [-0.2, 0) is 22.4 Å². The van der Waals surface area contributed by atoms with Gasteiger partial charge in [0.05, 0.1) is 12.0 Å². The molecule has 2 aliphatic rings. The number of carbonyl (C=O) groups is 3. The van der Waals surface area contributed by atoms with E-state index in [4.69, 9.17) is 5.73 Å². The van der Waals surface area contributed by atoms with Crippen molar-refractivity contribution in [3.63, 3.8) is 0 Å². The smallest absolute Gasteiger partial charge is 0.303 e. The van der Waals surface area contributed by atoms with E-state index in [0.29, 0.717) is 10.6 Å². The van der Waals surface area contributed by atoms with Crippen molar-refractivity contribution in [1.29, 1.82) is 0 Å². The Morgan fingerprint density at radius 1 is 1.04 bits per heavy atom. The molecule has 7 heteroatoms. The maximum absolute atomic E-state index is 12.7. The molecule has 1 aromatic rings. The molecule has 1 fully saturated rings. The average Bonchev–Trinajstić information content (AvgIpc) is 2.92. The molecular formula is C19H26N2O4S. The summed E-state index contributed by atoms with van der Waals surface area (Å²) in [4.78, 5) is 37.1. The second-order valence-electron chi connectivity index (χ2n) is 7.64. The summed E-state index contributed by atoms with van der Waals surface area (Å²) in [6.45, 7) is 0. The topological polar surface area (TPSA) is 109 Å². The summed E-state index contributed by atoms with van der Waals surface area (Å²) in [6.07, 6.45) is 8.58. The lowest BCUT2D eigenvalue weighted by Crippen LogP contribution is -2.32. The summed E-state index contributed by atoms with van der Waals surface area (Å²) >= 11 is 1.44. The van der Waals surface area contributed by atoms with Crippen molar-refractivity contribution in [1.82, 2.24) is 0 Å². The lowest BCUT2D eigenvalue weighted by atomic mass is 9.69. The van der Waals surface area contributed by atoms with Gasteiger partial charge in [-0.05, 0) is 49.5 Å².